The van der Waals surface area contributed by atoms with Crippen molar-refractivity contribution in [3.05, 3.63) is 75.7 Å². The molecular formula is C21H16FN3O5. The zero-order chi connectivity index (χ0) is 21.3. The number of aromatic nitrogens is 1. The maximum absolute atomic E-state index is 13.4. The summed E-state index contributed by atoms with van der Waals surface area (Å²) in [5.74, 6) is -2.06. The molecule has 1 aliphatic carbocycles. The van der Waals surface area contributed by atoms with Crippen LogP contribution in [0.4, 0.5) is 15.8 Å². The van der Waals surface area contributed by atoms with Gasteiger partial charge in [-0.3, -0.25) is 19.9 Å². The number of fused-ring (bicyclic) bond motifs is 1. The lowest BCUT2D eigenvalue weighted by Gasteiger charge is -2.10. The quantitative estimate of drug-likeness (QED) is 0.375. The monoisotopic (exact) mass is 409 g/mol. The summed E-state index contributed by atoms with van der Waals surface area (Å²) in [5.41, 5.74) is 1.09. The van der Waals surface area contributed by atoms with Gasteiger partial charge in [0, 0.05) is 28.8 Å². The van der Waals surface area contributed by atoms with Gasteiger partial charge < -0.3 is 10.1 Å². The van der Waals surface area contributed by atoms with Gasteiger partial charge in [-0.25, -0.2) is 4.79 Å². The molecule has 0 saturated heterocycles. The van der Waals surface area contributed by atoms with Gasteiger partial charge in [0.05, 0.1) is 16.0 Å². The number of nitro benzene ring substituents is 1. The number of hydrogen-bond acceptors (Lipinski definition) is 6. The van der Waals surface area contributed by atoms with Gasteiger partial charge in [-0.15, -0.1) is 0 Å². The minimum atomic E-state index is -1.01. The number of nitrogens with zero attached hydrogens (tertiary/aromatic N) is 2. The van der Waals surface area contributed by atoms with Gasteiger partial charge in [-0.1, -0.05) is 18.2 Å². The maximum Gasteiger partial charge on any atom is 0.339 e. The average molecular weight is 409 g/mol. The van der Waals surface area contributed by atoms with Crippen LogP contribution in [-0.2, 0) is 9.53 Å². The van der Waals surface area contributed by atoms with E-state index >= 15 is 0 Å². The van der Waals surface area contributed by atoms with Crippen molar-refractivity contribution in [1.82, 2.24) is 4.98 Å². The molecule has 1 saturated carbocycles. The molecule has 1 aromatic heterocycles. The van der Waals surface area contributed by atoms with Crippen LogP contribution in [0.15, 0.2) is 48.5 Å². The second-order valence-corrected chi connectivity index (χ2v) is 6.93. The first-order valence-corrected chi connectivity index (χ1v) is 9.23. The van der Waals surface area contributed by atoms with Gasteiger partial charge in [0.25, 0.3) is 5.91 Å². The molecule has 1 aliphatic rings. The Morgan fingerprint density at radius 3 is 2.70 bits per heavy atom. The number of ether oxygens (including phenoxy) is 1. The molecule has 152 valence electrons. The molecule has 8 nitrogen and oxygen atoms in total. The number of esters is 1. The van der Waals surface area contributed by atoms with Crippen LogP contribution in [-0.4, -0.2) is 28.4 Å². The summed E-state index contributed by atoms with van der Waals surface area (Å²) in [6.45, 7) is -0.598. The Kier molecular flexibility index (Phi) is 5.09. The van der Waals surface area contributed by atoms with Crippen molar-refractivity contribution >= 4 is 34.2 Å². The van der Waals surface area contributed by atoms with Gasteiger partial charge in [0.15, 0.2) is 6.61 Å². The van der Waals surface area contributed by atoms with Crippen molar-refractivity contribution in [3.8, 4) is 0 Å². The molecular weight excluding hydrogens is 393 g/mol. The van der Waals surface area contributed by atoms with Gasteiger partial charge >= 0.3 is 11.7 Å². The van der Waals surface area contributed by atoms with Gasteiger partial charge in [-0.05, 0) is 37.1 Å². The third kappa shape index (κ3) is 4.09. The van der Waals surface area contributed by atoms with E-state index in [1.165, 1.54) is 6.07 Å². The molecule has 1 amide bonds. The number of carbonyl (C=O) groups is 2. The molecule has 0 atom stereocenters. The number of nitro groups is 1. The molecule has 0 radical (unpaired) electrons. The number of anilines is 1. The Balaban J connectivity index is 1.47. The lowest BCUT2D eigenvalue weighted by Crippen LogP contribution is -2.21. The molecule has 2 aromatic carbocycles. The highest BCUT2D eigenvalue weighted by atomic mass is 19.1. The zero-order valence-corrected chi connectivity index (χ0v) is 15.6. The van der Waals surface area contributed by atoms with Crippen LogP contribution in [0.25, 0.3) is 10.9 Å². The fraction of sp³-hybridized carbons (Fsp3) is 0.190. The Morgan fingerprint density at radius 2 is 1.97 bits per heavy atom. The largest absolute Gasteiger partial charge is 0.452 e. The minimum absolute atomic E-state index is 0.0227. The molecule has 9 heteroatoms. The van der Waals surface area contributed by atoms with Crippen LogP contribution in [0.2, 0.25) is 0 Å². The number of carbonyl (C=O) groups excluding carboxylic acids is 2. The van der Waals surface area contributed by atoms with Crippen molar-refractivity contribution < 1.29 is 23.6 Å². The number of pyridine rings is 1. The first kappa shape index (κ1) is 19.4. The summed E-state index contributed by atoms with van der Waals surface area (Å²) in [6, 6.07) is 11.8. The van der Waals surface area contributed by atoms with Crippen LogP contribution in [0.1, 0.15) is 34.8 Å². The van der Waals surface area contributed by atoms with Crippen LogP contribution in [0, 0.1) is 15.9 Å². The third-order valence-corrected chi connectivity index (χ3v) is 4.71. The molecule has 1 fully saturated rings. The number of para-hydroxylation sites is 1. The summed E-state index contributed by atoms with van der Waals surface area (Å²) < 4.78 is 18.5. The first-order valence-electron chi connectivity index (χ1n) is 9.23. The number of benzene rings is 2. The SMILES string of the molecule is O=C(COC(=O)c1cc(C2CC2)nc2ccccc12)Nc1ccc(F)c([N+](=O)[O-])c1. The standard InChI is InChI=1S/C21H16FN3O5/c22-16-8-7-13(9-19(16)25(28)29)23-20(26)11-30-21(27)15-10-18(12-5-6-12)24-17-4-2-1-3-14(15)17/h1-4,7-10,12H,5-6,11H2,(H,23,26). The molecule has 30 heavy (non-hydrogen) atoms. The number of hydrogen-bond donors (Lipinski definition) is 1. The smallest absolute Gasteiger partial charge is 0.339 e. The molecule has 0 unspecified atom stereocenters. The highest BCUT2D eigenvalue weighted by Crippen LogP contribution is 2.40. The zero-order valence-electron chi connectivity index (χ0n) is 15.6. The number of nitrogens with one attached hydrogen (secondary N) is 1. The van der Waals surface area contributed by atoms with E-state index in [0.717, 1.165) is 30.7 Å². The van der Waals surface area contributed by atoms with Crippen LogP contribution in [0.3, 0.4) is 0 Å². The summed E-state index contributed by atoms with van der Waals surface area (Å²) in [6.07, 6.45) is 2.04. The van der Waals surface area contributed by atoms with Gasteiger partial charge in [0.1, 0.15) is 0 Å². The first-order chi connectivity index (χ1) is 14.4. The van der Waals surface area contributed by atoms with Crippen molar-refractivity contribution in [2.24, 2.45) is 0 Å². The Hall–Kier alpha value is -3.88. The van der Waals surface area contributed by atoms with Crippen LogP contribution >= 0.6 is 0 Å². The van der Waals surface area contributed by atoms with E-state index in [0.29, 0.717) is 22.4 Å². The lowest BCUT2D eigenvalue weighted by atomic mass is 10.1. The fourth-order valence-electron chi connectivity index (χ4n) is 3.09. The summed E-state index contributed by atoms with van der Waals surface area (Å²) in [4.78, 5) is 39.2. The van der Waals surface area contributed by atoms with E-state index in [1.807, 2.05) is 12.1 Å². The predicted molar refractivity (Wildman–Crippen MR) is 106 cm³/mol. The Morgan fingerprint density at radius 1 is 1.20 bits per heavy atom. The van der Waals surface area contributed by atoms with E-state index in [4.69, 9.17) is 4.74 Å². The molecule has 1 N–H and O–H groups in total. The second kappa shape index (κ2) is 7.86. The fourth-order valence-corrected chi connectivity index (χ4v) is 3.09. The highest BCUT2D eigenvalue weighted by Gasteiger charge is 2.27. The second-order valence-electron chi connectivity index (χ2n) is 6.93. The Labute approximate surface area is 169 Å². The van der Waals surface area contributed by atoms with E-state index in [1.54, 1.807) is 18.2 Å². The highest BCUT2D eigenvalue weighted by molar-refractivity contribution is 6.04. The number of halogens is 1. The molecule has 4 rings (SSSR count). The van der Waals surface area contributed by atoms with Crippen molar-refractivity contribution in [2.75, 3.05) is 11.9 Å². The lowest BCUT2D eigenvalue weighted by molar-refractivity contribution is -0.387. The summed E-state index contributed by atoms with van der Waals surface area (Å²) >= 11 is 0. The van der Waals surface area contributed by atoms with Crippen molar-refractivity contribution in [2.45, 2.75) is 18.8 Å². The average Bonchev–Trinajstić information content (AvgIpc) is 3.58. The molecule has 0 bridgehead atoms. The van der Waals surface area contributed by atoms with Crippen molar-refractivity contribution in [3.63, 3.8) is 0 Å². The van der Waals surface area contributed by atoms with Gasteiger partial charge in [0.2, 0.25) is 5.82 Å². The third-order valence-electron chi connectivity index (χ3n) is 4.71. The van der Waals surface area contributed by atoms with E-state index in [9.17, 15) is 24.1 Å². The van der Waals surface area contributed by atoms with E-state index in [2.05, 4.69) is 10.3 Å². The normalized spacial score (nSPS) is 13.1. The van der Waals surface area contributed by atoms with Crippen LogP contribution < -0.4 is 5.32 Å². The maximum atomic E-state index is 13.4. The minimum Gasteiger partial charge on any atom is -0.452 e. The Bertz CT molecular complexity index is 1180. The summed E-state index contributed by atoms with van der Waals surface area (Å²) in [7, 11) is 0. The van der Waals surface area contributed by atoms with E-state index in [-0.39, 0.29) is 5.69 Å². The van der Waals surface area contributed by atoms with Crippen LogP contribution in [0.5, 0.6) is 0 Å². The van der Waals surface area contributed by atoms with Gasteiger partial charge in [-0.2, -0.15) is 4.39 Å². The van der Waals surface area contributed by atoms with E-state index < -0.39 is 34.9 Å². The predicted octanol–water partition coefficient (Wildman–Crippen LogP) is 3.96. The molecule has 3 aromatic rings. The molecule has 0 spiro atoms. The number of rotatable bonds is 6. The summed E-state index contributed by atoms with van der Waals surface area (Å²) in [5, 5.41) is 13.8. The molecule has 1 heterocycles. The number of amides is 1. The van der Waals surface area contributed by atoms with Crippen molar-refractivity contribution in [1.29, 1.82) is 0 Å². The topological polar surface area (TPSA) is 111 Å². The molecule has 0 aliphatic heterocycles.